The highest BCUT2D eigenvalue weighted by Gasteiger charge is 2.22. The van der Waals surface area contributed by atoms with Crippen molar-refractivity contribution in [1.82, 2.24) is 19.8 Å². The summed E-state index contributed by atoms with van der Waals surface area (Å²) in [6, 6.07) is 18.0. The lowest BCUT2D eigenvalue weighted by molar-refractivity contribution is 0.0628. The zero-order valence-electron chi connectivity index (χ0n) is 19.4. The van der Waals surface area contributed by atoms with Gasteiger partial charge >= 0.3 is 0 Å². The maximum Gasteiger partial charge on any atom is 0.253 e. The normalized spacial score (nSPS) is 14.3. The number of amides is 1. The van der Waals surface area contributed by atoms with Crippen molar-refractivity contribution in [2.24, 2.45) is 0 Å². The fourth-order valence-corrected chi connectivity index (χ4v) is 5.33. The van der Waals surface area contributed by atoms with Crippen LogP contribution in [0.4, 0.5) is 5.69 Å². The zero-order chi connectivity index (χ0) is 24.2. The van der Waals surface area contributed by atoms with E-state index in [9.17, 15) is 4.79 Å². The number of para-hydroxylation sites is 1. The molecule has 0 atom stereocenters. The Morgan fingerprint density at radius 2 is 1.89 bits per heavy atom. The number of carbonyl (C=O) groups excluding carboxylic acids is 1. The number of nitrogens with zero attached hydrogens (tertiary/aromatic N) is 4. The van der Waals surface area contributed by atoms with Crippen LogP contribution in [0, 0.1) is 6.92 Å². The van der Waals surface area contributed by atoms with Crippen LogP contribution in [0.25, 0.3) is 10.9 Å². The van der Waals surface area contributed by atoms with Gasteiger partial charge in [0.15, 0.2) is 0 Å². The van der Waals surface area contributed by atoms with Gasteiger partial charge in [-0.3, -0.25) is 19.7 Å². The first kappa shape index (κ1) is 23.6. The number of halogens is 1. The van der Waals surface area contributed by atoms with E-state index < -0.39 is 0 Å². The molecule has 0 spiro atoms. The predicted octanol–water partition coefficient (Wildman–Crippen LogP) is 5.67. The van der Waals surface area contributed by atoms with Crippen molar-refractivity contribution in [3.05, 3.63) is 94.9 Å². The third-order valence-corrected chi connectivity index (χ3v) is 7.25. The van der Waals surface area contributed by atoms with E-state index in [1.165, 1.54) is 11.9 Å². The van der Waals surface area contributed by atoms with Gasteiger partial charge in [-0.2, -0.15) is 0 Å². The smallest absolute Gasteiger partial charge is 0.253 e. The van der Waals surface area contributed by atoms with Crippen LogP contribution in [-0.4, -0.2) is 51.9 Å². The van der Waals surface area contributed by atoms with Crippen LogP contribution >= 0.6 is 23.5 Å². The van der Waals surface area contributed by atoms with Crippen molar-refractivity contribution in [3.8, 4) is 0 Å². The second-order valence-corrected chi connectivity index (χ2v) is 9.93. The molecule has 178 valence electrons. The summed E-state index contributed by atoms with van der Waals surface area (Å²) >= 11 is 7.59. The third kappa shape index (κ3) is 5.59. The van der Waals surface area contributed by atoms with E-state index in [-0.39, 0.29) is 5.91 Å². The van der Waals surface area contributed by atoms with Gasteiger partial charge in [-0.1, -0.05) is 29.8 Å². The first-order chi connectivity index (χ1) is 17.1. The molecule has 1 aliphatic rings. The van der Waals surface area contributed by atoms with Crippen LogP contribution in [0.15, 0.2) is 78.1 Å². The minimum absolute atomic E-state index is 0.0784. The van der Waals surface area contributed by atoms with E-state index >= 15 is 0 Å². The van der Waals surface area contributed by atoms with Crippen molar-refractivity contribution < 1.29 is 4.79 Å². The Labute approximate surface area is 214 Å². The third-order valence-electron chi connectivity index (χ3n) is 6.17. The Kier molecular flexibility index (Phi) is 7.18. The lowest BCUT2D eigenvalue weighted by atomic mass is 10.1. The summed E-state index contributed by atoms with van der Waals surface area (Å²) in [6.45, 7) is 5.88. The molecule has 0 saturated carbocycles. The number of hydrogen-bond donors (Lipinski definition) is 1. The summed E-state index contributed by atoms with van der Waals surface area (Å²) in [5.41, 5.74) is 4.80. The monoisotopic (exact) mass is 503 g/mol. The van der Waals surface area contributed by atoms with Gasteiger partial charge in [0.25, 0.3) is 5.91 Å². The van der Waals surface area contributed by atoms with Crippen molar-refractivity contribution in [2.75, 3.05) is 30.9 Å². The molecule has 35 heavy (non-hydrogen) atoms. The van der Waals surface area contributed by atoms with Gasteiger partial charge in [0.05, 0.1) is 15.4 Å². The summed E-state index contributed by atoms with van der Waals surface area (Å²) < 4.78 is 3.43. The highest BCUT2D eigenvalue weighted by molar-refractivity contribution is 8.00. The minimum atomic E-state index is 0.0784. The maximum absolute atomic E-state index is 13.1. The standard InChI is InChI=1S/C27H26ClN5OS/c1-19-14-22(7-8-24(19)31-35-25-6-2-4-21-5-3-9-30-26(21)25)27(34)33-12-10-32(11-13-33)18-20-15-23(28)17-29-16-20/h2-9,14-17,31H,10-13,18H2,1H3. The molecule has 0 bridgehead atoms. The summed E-state index contributed by atoms with van der Waals surface area (Å²) in [6.07, 6.45) is 5.30. The molecule has 1 aliphatic heterocycles. The molecule has 1 amide bonds. The summed E-state index contributed by atoms with van der Waals surface area (Å²) in [5, 5.41) is 1.76. The molecule has 8 heteroatoms. The predicted molar refractivity (Wildman–Crippen MR) is 143 cm³/mol. The number of piperazine rings is 1. The fourth-order valence-electron chi connectivity index (χ4n) is 4.27. The van der Waals surface area contributed by atoms with Gasteiger partial charge in [-0.05, 0) is 66.4 Å². The van der Waals surface area contributed by atoms with Crippen LogP contribution in [-0.2, 0) is 6.54 Å². The Bertz CT molecular complexity index is 1350. The molecular weight excluding hydrogens is 478 g/mol. The average molecular weight is 504 g/mol. The van der Waals surface area contributed by atoms with E-state index in [4.69, 9.17) is 11.6 Å². The molecule has 2 aromatic heterocycles. The molecule has 0 aliphatic carbocycles. The lowest BCUT2D eigenvalue weighted by Gasteiger charge is -2.34. The number of rotatable bonds is 6. The molecule has 6 nitrogen and oxygen atoms in total. The molecule has 0 radical (unpaired) electrons. The van der Waals surface area contributed by atoms with Crippen molar-refractivity contribution in [1.29, 1.82) is 0 Å². The quantitative estimate of drug-likeness (QED) is 0.342. The number of aryl methyl sites for hydroxylation is 1. The number of fused-ring (bicyclic) bond motifs is 1. The van der Waals surface area contributed by atoms with Gasteiger partial charge in [0, 0.05) is 68.0 Å². The first-order valence-electron chi connectivity index (χ1n) is 11.5. The number of nitrogens with one attached hydrogen (secondary N) is 1. The van der Waals surface area contributed by atoms with E-state index in [0.29, 0.717) is 18.1 Å². The molecule has 5 rings (SSSR count). The molecule has 1 saturated heterocycles. The number of aromatic nitrogens is 2. The first-order valence-corrected chi connectivity index (χ1v) is 12.7. The average Bonchev–Trinajstić information content (AvgIpc) is 2.88. The number of anilines is 1. The van der Waals surface area contributed by atoms with Crippen LogP contribution in [0.2, 0.25) is 5.02 Å². The summed E-state index contributed by atoms with van der Waals surface area (Å²) in [4.78, 5) is 27.1. The molecular formula is C27H26ClN5OS. The Hall–Kier alpha value is -3.13. The van der Waals surface area contributed by atoms with E-state index in [1.54, 1.807) is 6.20 Å². The van der Waals surface area contributed by atoms with Gasteiger partial charge < -0.3 is 9.62 Å². The molecule has 0 unspecified atom stereocenters. The van der Waals surface area contributed by atoms with E-state index in [0.717, 1.165) is 57.8 Å². The largest absolute Gasteiger partial charge is 0.336 e. The number of benzene rings is 2. The molecule has 4 aromatic rings. The topological polar surface area (TPSA) is 61.4 Å². The molecule has 3 heterocycles. The highest BCUT2D eigenvalue weighted by Crippen LogP contribution is 2.29. The summed E-state index contributed by atoms with van der Waals surface area (Å²) in [7, 11) is 0. The van der Waals surface area contributed by atoms with Crippen molar-refractivity contribution >= 4 is 46.0 Å². The summed E-state index contributed by atoms with van der Waals surface area (Å²) in [5.74, 6) is 0.0784. The Morgan fingerprint density at radius 3 is 2.69 bits per heavy atom. The van der Waals surface area contributed by atoms with Gasteiger partial charge in [-0.15, -0.1) is 0 Å². The number of carbonyl (C=O) groups is 1. The van der Waals surface area contributed by atoms with Crippen LogP contribution in [0.5, 0.6) is 0 Å². The van der Waals surface area contributed by atoms with Crippen molar-refractivity contribution in [3.63, 3.8) is 0 Å². The SMILES string of the molecule is Cc1cc(C(=O)N2CCN(Cc3cncc(Cl)c3)CC2)ccc1NSc1cccc2cccnc12. The van der Waals surface area contributed by atoms with Crippen LogP contribution in [0.1, 0.15) is 21.5 Å². The van der Waals surface area contributed by atoms with Crippen LogP contribution < -0.4 is 4.72 Å². The van der Waals surface area contributed by atoms with Crippen LogP contribution in [0.3, 0.4) is 0 Å². The highest BCUT2D eigenvalue weighted by atomic mass is 35.5. The fraction of sp³-hybridized carbons (Fsp3) is 0.222. The zero-order valence-corrected chi connectivity index (χ0v) is 21.0. The molecule has 1 N–H and O–H groups in total. The van der Waals surface area contributed by atoms with E-state index in [2.05, 4.69) is 37.8 Å². The van der Waals surface area contributed by atoms with Crippen molar-refractivity contribution in [2.45, 2.75) is 18.4 Å². The van der Waals surface area contributed by atoms with E-state index in [1.807, 2.05) is 60.6 Å². The second-order valence-electron chi connectivity index (χ2n) is 8.64. The molecule has 1 fully saturated rings. The number of hydrogen-bond acceptors (Lipinski definition) is 6. The van der Waals surface area contributed by atoms with Gasteiger partial charge in [0.1, 0.15) is 0 Å². The maximum atomic E-state index is 13.1. The van der Waals surface area contributed by atoms with Gasteiger partial charge in [0.2, 0.25) is 0 Å². The lowest BCUT2D eigenvalue weighted by Crippen LogP contribution is -2.48. The number of pyridine rings is 2. The Balaban J connectivity index is 1.19. The van der Waals surface area contributed by atoms with Gasteiger partial charge in [-0.25, -0.2) is 0 Å². The molecule has 2 aromatic carbocycles. The Morgan fingerprint density at radius 1 is 1.06 bits per heavy atom. The second kappa shape index (κ2) is 10.6. The minimum Gasteiger partial charge on any atom is -0.336 e.